The summed E-state index contributed by atoms with van der Waals surface area (Å²) < 4.78 is 6.21. The summed E-state index contributed by atoms with van der Waals surface area (Å²) in [5, 5.41) is 4.50. The zero-order valence-electron chi connectivity index (χ0n) is 8.67. The molecule has 0 aromatic carbocycles. The molecule has 0 N–H and O–H groups in total. The molecule has 0 aliphatic carbocycles. The fourth-order valence-corrected chi connectivity index (χ4v) is 1.64. The van der Waals surface area contributed by atoms with E-state index in [9.17, 15) is 4.79 Å². The molecule has 0 aliphatic heterocycles. The Morgan fingerprint density at radius 1 is 1.57 bits per heavy atom. The maximum atomic E-state index is 11.3. The number of esters is 1. The predicted octanol–water partition coefficient (Wildman–Crippen LogP) is 2.21. The minimum absolute atomic E-state index is 0.125. The highest BCUT2D eigenvalue weighted by atomic mass is 35.5. The number of hydrogen-bond acceptors (Lipinski definition) is 3. The van der Waals surface area contributed by atoms with E-state index in [1.807, 2.05) is 13.8 Å². The highest BCUT2D eigenvalue weighted by Crippen LogP contribution is 2.23. The van der Waals surface area contributed by atoms with E-state index < -0.39 is 5.97 Å². The van der Waals surface area contributed by atoms with E-state index in [1.54, 1.807) is 11.6 Å². The average Bonchev–Trinajstić information content (AvgIpc) is 2.41. The van der Waals surface area contributed by atoms with Gasteiger partial charge in [-0.15, -0.1) is 0 Å². The van der Waals surface area contributed by atoms with Gasteiger partial charge >= 0.3 is 5.97 Å². The standard InChI is InChI=1S/C9H13ClN2O2/c1-5(2)12-8(10)7(6(3)11-12)9(13)14-4/h5H,1-4H3. The number of aryl methyl sites for hydroxylation is 1. The van der Waals surface area contributed by atoms with Crippen LogP contribution in [0.5, 0.6) is 0 Å². The molecule has 4 nitrogen and oxygen atoms in total. The second kappa shape index (κ2) is 4.00. The zero-order valence-corrected chi connectivity index (χ0v) is 9.42. The summed E-state index contributed by atoms with van der Waals surface area (Å²) >= 11 is 6.00. The summed E-state index contributed by atoms with van der Waals surface area (Å²) in [6.45, 7) is 5.62. The van der Waals surface area contributed by atoms with Crippen LogP contribution in [0.15, 0.2) is 0 Å². The summed E-state index contributed by atoms with van der Waals surface area (Å²) in [5.74, 6) is -0.445. The van der Waals surface area contributed by atoms with Gasteiger partial charge in [0.1, 0.15) is 10.7 Å². The summed E-state index contributed by atoms with van der Waals surface area (Å²) in [5.41, 5.74) is 0.943. The molecule has 0 saturated carbocycles. The van der Waals surface area contributed by atoms with Crippen molar-refractivity contribution >= 4 is 17.6 Å². The summed E-state index contributed by atoms with van der Waals surface area (Å²) in [6.07, 6.45) is 0. The Bertz CT molecular complexity index is 358. The first kappa shape index (κ1) is 11.0. The normalized spacial score (nSPS) is 10.7. The molecule has 0 atom stereocenters. The van der Waals surface area contributed by atoms with Crippen molar-refractivity contribution < 1.29 is 9.53 Å². The van der Waals surface area contributed by atoms with Crippen molar-refractivity contribution in [1.29, 1.82) is 0 Å². The van der Waals surface area contributed by atoms with Crippen molar-refractivity contribution in [2.75, 3.05) is 7.11 Å². The Morgan fingerprint density at radius 3 is 2.50 bits per heavy atom. The van der Waals surface area contributed by atoms with Gasteiger partial charge in [0.2, 0.25) is 0 Å². The number of hydrogen-bond donors (Lipinski definition) is 0. The van der Waals surface area contributed by atoms with Crippen LogP contribution in [0.2, 0.25) is 5.15 Å². The first-order valence-electron chi connectivity index (χ1n) is 4.32. The molecule has 0 spiro atoms. The molecule has 14 heavy (non-hydrogen) atoms. The van der Waals surface area contributed by atoms with Crippen LogP contribution >= 0.6 is 11.6 Å². The van der Waals surface area contributed by atoms with Crippen molar-refractivity contribution in [1.82, 2.24) is 9.78 Å². The van der Waals surface area contributed by atoms with E-state index in [4.69, 9.17) is 11.6 Å². The molecule has 0 saturated heterocycles. The van der Waals surface area contributed by atoms with Gasteiger partial charge in [-0.25, -0.2) is 4.79 Å². The highest BCUT2D eigenvalue weighted by molar-refractivity contribution is 6.32. The predicted molar refractivity (Wildman–Crippen MR) is 53.7 cm³/mol. The maximum Gasteiger partial charge on any atom is 0.342 e. The van der Waals surface area contributed by atoms with Gasteiger partial charge in [-0.05, 0) is 20.8 Å². The van der Waals surface area contributed by atoms with Crippen molar-refractivity contribution in [2.45, 2.75) is 26.8 Å². The number of aromatic nitrogens is 2. The van der Waals surface area contributed by atoms with E-state index in [0.717, 1.165) is 0 Å². The van der Waals surface area contributed by atoms with Crippen LogP contribution in [-0.4, -0.2) is 22.9 Å². The van der Waals surface area contributed by atoms with Gasteiger partial charge in [-0.1, -0.05) is 11.6 Å². The SMILES string of the molecule is COC(=O)c1c(C)nn(C(C)C)c1Cl. The fraction of sp³-hybridized carbons (Fsp3) is 0.556. The molecule has 1 heterocycles. The van der Waals surface area contributed by atoms with Crippen LogP contribution in [0.3, 0.4) is 0 Å². The van der Waals surface area contributed by atoms with Crippen molar-refractivity contribution in [3.05, 3.63) is 16.4 Å². The van der Waals surface area contributed by atoms with Crippen molar-refractivity contribution in [3.8, 4) is 0 Å². The average molecular weight is 217 g/mol. The van der Waals surface area contributed by atoms with Crippen LogP contribution in [0, 0.1) is 6.92 Å². The lowest BCUT2D eigenvalue weighted by Gasteiger charge is -2.06. The molecular weight excluding hydrogens is 204 g/mol. The number of halogens is 1. The van der Waals surface area contributed by atoms with Gasteiger partial charge in [0, 0.05) is 6.04 Å². The Kier molecular flexibility index (Phi) is 3.16. The first-order valence-corrected chi connectivity index (χ1v) is 4.69. The monoisotopic (exact) mass is 216 g/mol. The molecule has 5 heteroatoms. The van der Waals surface area contributed by atoms with E-state index in [-0.39, 0.29) is 6.04 Å². The minimum Gasteiger partial charge on any atom is -0.465 e. The quantitative estimate of drug-likeness (QED) is 0.712. The van der Waals surface area contributed by atoms with Gasteiger partial charge in [0.15, 0.2) is 0 Å². The van der Waals surface area contributed by atoms with E-state index in [1.165, 1.54) is 7.11 Å². The molecule has 0 aliphatic rings. The van der Waals surface area contributed by atoms with Gasteiger partial charge in [-0.3, -0.25) is 4.68 Å². The number of rotatable bonds is 2. The second-order valence-electron chi connectivity index (χ2n) is 3.28. The van der Waals surface area contributed by atoms with Gasteiger partial charge in [0.25, 0.3) is 0 Å². The molecule has 1 aromatic heterocycles. The zero-order chi connectivity index (χ0) is 10.9. The third-order valence-electron chi connectivity index (χ3n) is 1.91. The van der Waals surface area contributed by atoms with E-state index >= 15 is 0 Å². The number of carbonyl (C=O) groups excluding carboxylic acids is 1. The number of methoxy groups -OCH3 is 1. The molecule has 0 amide bonds. The van der Waals surface area contributed by atoms with Crippen LogP contribution in [0.25, 0.3) is 0 Å². The first-order chi connectivity index (χ1) is 6.49. The molecule has 78 valence electrons. The Morgan fingerprint density at radius 2 is 2.14 bits per heavy atom. The van der Waals surface area contributed by atoms with Crippen LogP contribution in [-0.2, 0) is 4.74 Å². The lowest BCUT2D eigenvalue weighted by molar-refractivity contribution is 0.0600. The van der Waals surface area contributed by atoms with Gasteiger partial charge in [-0.2, -0.15) is 5.10 Å². The summed E-state index contributed by atoms with van der Waals surface area (Å²) in [7, 11) is 1.32. The molecule has 1 aromatic rings. The largest absolute Gasteiger partial charge is 0.465 e. The van der Waals surface area contributed by atoms with Gasteiger partial charge in [0.05, 0.1) is 12.8 Å². The minimum atomic E-state index is -0.445. The molecule has 1 rings (SSSR count). The van der Waals surface area contributed by atoms with Gasteiger partial charge < -0.3 is 4.74 Å². The topological polar surface area (TPSA) is 44.1 Å². The molecular formula is C9H13ClN2O2. The molecule has 0 radical (unpaired) electrons. The fourth-order valence-electron chi connectivity index (χ4n) is 1.20. The van der Waals surface area contributed by atoms with E-state index in [2.05, 4.69) is 9.84 Å². The molecule has 0 unspecified atom stereocenters. The molecule has 0 fully saturated rings. The van der Waals surface area contributed by atoms with Crippen LogP contribution in [0.4, 0.5) is 0 Å². The van der Waals surface area contributed by atoms with E-state index in [0.29, 0.717) is 16.4 Å². The lowest BCUT2D eigenvalue weighted by atomic mass is 10.3. The molecule has 0 bridgehead atoms. The van der Waals surface area contributed by atoms with Crippen molar-refractivity contribution in [2.24, 2.45) is 0 Å². The Balaban J connectivity index is 3.24. The maximum absolute atomic E-state index is 11.3. The summed E-state index contributed by atoms with van der Waals surface area (Å²) in [6, 6.07) is 0.125. The third kappa shape index (κ3) is 1.75. The highest BCUT2D eigenvalue weighted by Gasteiger charge is 2.21. The number of carbonyl (C=O) groups is 1. The van der Waals surface area contributed by atoms with Crippen LogP contribution < -0.4 is 0 Å². The Hall–Kier alpha value is -1.03. The summed E-state index contributed by atoms with van der Waals surface area (Å²) in [4.78, 5) is 11.3. The smallest absolute Gasteiger partial charge is 0.342 e. The lowest BCUT2D eigenvalue weighted by Crippen LogP contribution is -2.05. The Labute approximate surface area is 87.8 Å². The van der Waals surface area contributed by atoms with Crippen LogP contribution in [0.1, 0.15) is 35.9 Å². The number of nitrogens with zero attached hydrogens (tertiary/aromatic N) is 2. The third-order valence-corrected chi connectivity index (χ3v) is 2.27. The number of ether oxygens (including phenoxy) is 1. The van der Waals surface area contributed by atoms with Crippen molar-refractivity contribution in [3.63, 3.8) is 0 Å². The second-order valence-corrected chi connectivity index (χ2v) is 3.64.